The van der Waals surface area contributed by atoms with Crippen molar-refractivity contribution in [2.45, 2.75) is 31.6 Å². The Morgan fingerprint density at radius 2 is 1.82 bits per heavy atom. The summed E-state index contributed by atoms with van der Waals surface area (Å²) in [5.41, 5.74) is 2.66. The van der Waals surface area contributed by atoms with E-state index in [-0.39, 0.29) is 17.9 Å². The number of benzene rings is 2. The molecule has 2 amide bonds. The second-order valence-corrected chi connectivity index (χ2v) is 8.17. The lowest BCUT2D eigenvalue weighted by Gasteiger charge is -2.32. The van der Waals surface area contributed by atoms with E-state index in [1.807, 2.05) is 60.7 Å². The summed E-state index contributed by atoms with van der Waals surface area (Å²) >= 11 is 0. The van der Waals surface area contributed by atoms with Crippen LogP contribution in [-0.2, 0) is 16.0 Å². The molecule has 0 spiro atoms. The molecule has 3 heterocycles. The topological polar surface area (TPSA) is 101 Å². The van der Waals surface area contributed by atoms with E-state index in [0.717, 1.165) is 11.1 Å². The maximum absolute atomic E-state index is 12.8. The SMILES string of the molecule is O=C(CCc1ccccc1)Nc1cc(-c2ccco2)nn1C1NC(=O)CC(c2ccccc2)N1. The molecular weight excluding hydrogens is 430 g/mol. The van der Waals surface area contributed by atoms with Gasteiger partial charge in [0.1, 0.15) is 11.5 Å². The van der Waals surface area contributed by atoms with Gasteiger partial charge in [-0.2, -0.15) is 5.10 Å². The van der Waals surface area contributed by atoms with Crippen LogP contribution in [0.15, 0.2) is 89.5 Å². The second-order valence-electron chi connectivity index (χ2n) is 8.17. The van der Waals surface area contributed by atoms with Crippen LogP contribution in [0.1, 0.15) is 36.3 Å². The van der Waals surface area contributed by atoms with Crippen molar-refractivity contribution in [1.29, 1.82) is 0 Å². The zero-order valence-corrected chi connectivity index (χ0v) is 18.5. The molecule has 8 heteroatoms. The monoisotopic (exact) mass is 455 g/mol. The largest absolute Gasteiger partial charge is 0.463 e. The van der Waals surface area contributed by atoms with Crippen LogP contribution >= 0.6 is 0 Å². The Labute approximate surface area is 197 Å². The third-order valence-electron chi connectivity index (χ3n) is 5.75. The molecule has 1 saturated heterocycles. The van der Waals surface area contributed by atoms with Gasteiger partial charge in [0.15, 0.2) is 12.0 Å². The molecule has 0 saturated carbocycles. The van der Waals surface area contributed by atoms with Crippen LogP contribution in [0.2, 0.25) is 0 Å². The Kier molecular flexibility index (Phi) is 6.22. The first-order valence-corrected chi connectivity index (χ1v) is 11.2. The molecule has 2 aromatic carbocycles. The molecule has 0 aliphatic carbocycles. The number of carbonyl (C=O) groups excluding carboxylic acids is 2. The maximum Gasteiger partial charge on any atom is 0.225 e. The van der Waals surface area contributed by atoms with Crippen molar-refractivity contribution in [1.82, 2.24) is 20.4 Å². The number of aromatic nitrogens is 2. The van der Waals surface area contributed by atoms with Crippen LogP contribution in [0.25, 0.3) is 11.5 Å². The minimum absolute atomic E-state index is 0.103. The van der Waals surface area contributed by atoms with Gasteiger partial charge in [-0.1, -0.05) is 60.7 Å². The van der Waals surface area contributed by atoms with Crippen LogP contribution < -0.4 is 16.0 Å². The smallest absolute Gasteiger partial charge is 0.225 e. The number of carbonyl (C=O) groups is 2. The summed E-state index contributed by atoms with van der Waals surface area (Å²) in [7, 11) is 0. The quantitative estimate of drug-likeness (QED) is 0.391. The maximum atomic E-state index is 12.8. The Balaban J connectivity index is 1.39. The van der Waals surface area contributed by atoms with Crippen LogP contribution in [0.5, 0.6) is 0 Å². The first-order valence-electron chi connectivity index (χ1n) is 11.2. The molecule has 2 atom stereocenters. The average Bonchev–Trinajstić information content (AvgIpc) is 3.54. The van der Waals surface area contributed by atoms with Crippen molar-refractivity contribution >= 4 is 17.6 Å². The van der Waals surface area contributed by atoms with Crippen LogP contribution in [0.3, 0.4) is 0 Å². The summed E-state index contributed by atoms with van der Waals surface area (Å²) in [6.45, 7) is 0. The van der Waals surface area contributed by atoms with Gasteiger partial charge < -0.3 is 15.1 Å². The Morgan fingerprint density at radius 1 is 1.06 bits per heavy atom. The predicted octanol–water partition coefficient (Wildman–Crippen LogP) is 4.02. The van der Waals surface area contributed by atoms with Crippen molar-refractivity contribution in [2.24, 2.45) is 0 Å². The molecule has 2 aromatic heterocycles. The molecule has 8 nitrogen and oxygen atoms in total. The number of amides is 2. The zero-order valence-electron chi connectivity index (χ0n) is 18.5. The van der Waals surface area contributed by atoms with Crippen molar-refractivity contribution < 1.29 is 14.0 Å². The van der Waals surface area contributed by atoms with E-state index in [9.17, 15) is 9.59 Å². The van der Waals surface area contributed by atoms with Gasteiger partial charge >= 0.3 is 0 Å². The fourth-order valence-corrected chi connectivity index (χ4v) is 4.06. The highest BCUT2D eigenvalue weighted by atomic mass is 16.3. The van der Waals surface area contributed by atoms with Crippen molar-refractivity contribution in [3.63, 3.8) is 0 Å². The summed E-state index contributed by atoms with van der Waals surface area (Å²) in [5.74, 6) is 0.794. The Bertz CT molecular complexity index is 1250. The van der Waals surface area contributed by atoms with E-state index >= 15 is 0 Å². The first-order chi connectivity index (χ1) is 16.7. The van der Waals surface area contributed by atoms with Gasteiger partial charge in [0, 0.05) is 24.9 Å². The van der Waals surface area contributed by atoms with Crippen molar-refractivity contribution in [2.75, 3.05) is 5.32 Å². The molecule has 0 bridgehead atoms. The van der Waals surface area contributed by atoms with E-state index < -0.39 is 6.29 Å². The number of aryl methyl sites for hydroxylation is 1. The summed E-state index contributed by atoms with van der Waals surface area (Å²) in [6.07, 6.45) is 2.19. The van der Waals surface area contributed by atoms with E-state index in [4.69, 9.17) is 4.42 Å². The summed E-state index contributed by atoms with van der Waals surface area (Å²) in [4.78, 5) is 25.3. The molecule has 0 radical (unpaired) electrons. The van der Waals surface area contributed by atoms with Gasteiger partial charge in [0.2, 0.25) is 11.8 Å². The standard InChI is InChI=1S/C26H25N5O3/c32-24(14-13-18-8-3-1-4-9-18)28-23-16-21(22-12-7-15-34-22)30-31(23)26-27-20(17-25(33)29-26)19-10-5-2-6-11-19/h1-12,15-16,20,26-27H,13-14,17H2,(H,28,32)(H,29,33). The minimum atomic E-state index is -0.639. The number of anilines is 1. The fourth-order valence-electron chi connectivity index (χ4n) is 4.06. The molecule has 34 heavy (non-hydrogen) atoms. The van der Waals surface area contributed by atoms with Gasteiger partial charge in [0.25, 0.3) is 0 Å². The molecule has 3 N–H and O–H groups in total. The number of rotatable bonds is 7. The molecule has 172 valence electrons. The van der Waals surface area contributed by atoms with Crippen LogP contribution in [-0.4, -0.2) is 21.6 Å². The Hall–Kier alpha value is -4.17. The highest BCUT2D eigenvalue weighted by Crippen LogP contribution is 2.28. The zero-order chi connectivity index (χ0) is 23.3. The number of furan rings is 1. The normalized spacial score (nSPS) is 17.8. The minimum Gasteiger partial charge on any atom is -0.463 e. The first kappa shape index (κ1) is 21.7. The van der Waals surface area contributed by atoms with E-state index in [0.29, 0.717) is 36.5 Å². The predicted molar refractivity (Wildman–Crippen MR) is 127 cm³/mol. The number of hydrogen-bond donors (Lipinski definition) is 3. The molecule has 1 aliphatic rings. The van der Waals surface area contributed by atoms with E-state index in [1.165, 1.54) is 0 Å². The lowest BCUT2D eigenvalue weighted by molar-refractivity contribution is -0.125. The van der Waals surface area contributed by atoms with Gasteiger partial charge in [0.05, 0.1) is 6.26 Å². The van der Waals surface area contributed by atoms with Gasteiger partial charge in [-0.25, -0.2) is 4.68 Å². The molecule has 1 fully saturated rings. The lowest BCUT2D eigenvalue weighted by atomic mass is 10.0. The lowest BCUT2D eigenvalue weighted by Crippen LogP contribution is -2.50. The van der Waals surface area contributed by atoms with E-state index in [1.54, 1.807) is 29.1 Å². The van der Waals surface area contributed by atoms with Crippen molar-refractivity contribution in [3.05, 3.63) is 96.3 Å². The van der Waals surface area contributed by atoms with Crippen LogP contribution in [0.4, 0.5) is 5.82 Å². The Morgan fingerprint density at radius 3 is 2.56 bits per heavy atom. The van der Waals surface area contributed by atoms with E-state index in [2.05, 4.69) is 21.0 Å². The van der Waals surface area contributed by atoms with Gasteiger partial charge in [-0.3, -0.25) is 14.9 Å². The summed E-state index contributed by atoms with van der Waals surface area (Å²) < 4.78 is 7.09. The molecule has 4 aromatic rings. The summed E-state index contributed by atoms with van der Waals surface area (Å²) in [6, 6.07) is 24.8. The third-order valence-corrected chi connectivity index (χ3v) is 5.75. The number of hydrogen-bond acceptors (Lipinski definition) is 5. The number of nitrogens with zero attached hydrogens (tertiary/aromatic N) is 2. The summed E-state index contributed by atoms with van der Waals surface area (Å²) in [5, 5.41) is 14.0. The molecular formula is C26H25N5O3. The average molecular weight is 456 g/mol. The number of nitrogens with one attached hydrogen (secondary N) is 3. The molecule has 5 rings (SSSR count). The van der Waals surface area contributed by atoms with Crippen LogP contribution in [0, 0.1) is 0 Å². The highest BCUT2D eigenvalue weighted by molar-refractivity contribution is 5.90. The molecule has 2 unspecified atom stereocenters. The second kappa shape index (κ2) is 9.76. The fraction of sp³-hybridized carbons (Fsp3) is 0.192. The highest BCUT2D eigenvalue weighted by Gasteiger charge is 2.30. The third kappa shape index (κ3) is 4.92. The van der Waals surface area contributed by atoms with Crippen molar-refractivity contribution in [3.8, 4) is 11.5 Å². The van der Waals surface area contributed by atoms with Gasteiger partial charge in [-0.15, -0.1) is 0 Å². The van der Waals surface area contributed by atoms with Gasteiger partial charge in [-0.05, 0) is 29.7 Å². The molecule has 1 aliphatic heterocycles.